The fourth-order valence-electron chi connectivity index (χ4n) is 4.64. The molecule has 41 heavy (non-hydrogen) atoms. The fourth-order valence-corrected chi connectivity index (χ4v) is 6.25. The lowest BCUT2D eigenvalue weighted by atomic mass is 9.99. The van der Waals surface area contributed by atoms with E-state index in [0.29, 0.717) is 36.2 Å². The molecule has 0 spiro atoms. The summed E-state index contributed by atoms with van der Waals surface area (Å²) < 4.78 is 65.6. The van der Waals surface area contributed by atoms with Gasteiger partial charge in [-0.2, -0.15) is 17.5 Å². The average Bonchev–Trinajstić information content (AvgIpc) is 2.94. The molecule has 13 heteroatoms. The second kappa shape index (κ2) is 14.3. The normalized spacial score (nSPS) is 18.8. The number of nitrogens with one attached hydrogen (secondary N) is 1. The number of hydrogen-bond donors (Lipinski definition) is 2. The van der Waals surface area contributed by atoms with E-state index in [2.05, 4.69) is 24.1 Å². The monoisotopic (exact) mass is 599 g/mol. The van der Waals surface area contributed by atoms with Gasteiger partial charge in [-0.05, 0) is 60.6 Å². The van der Waals surface area contributed by atoms with Crippen molar-refractivity contribution in [1.29, 1.82) is 0 Å². The van der Waals surface area contributed by atoms with E-state index in [1.807, 2.05) is 24.3 Å². The summed E-state index contributed by atoms with van der Waals surface area (Å²) >= 11 is 0. The van der Waals surface area contributed by atoms with Gasteiger partial charge in [0.15, 0.2) is 0 Å². The molecule has 1 atom stereocenters. The number of alkyl halides is 3. The average molecular weight is 600 g/mol. The Hall–Kier alpha value is -3.00. The molecule has 2 aliphatic rings. The molecule has 226 valence electrons. The van der Waals surface area contributed by atoms with E-state index >= 15 is 0 Å². The van der Waals surface area contributed by atoms with Crippen LogP contribution >= 0.6 is 0 Å². The van der Waals surface area contributed by atoms with E-state index in [1.165, 1.54) is 11.6 Å². The zero-order chi connectivity index (χ0) is 30.2. The van der Waals surface area contributed by atoms with Crippen LogP contribution in [0.2, 0.25) is 0 Å². The maximum absolute atomic E-state index is 13.4. The van der Waals surface area contributed by atoms with Crippen LogP contribution in [0, 0.1) is 5.92 Å². The van der Waals surface area contributed by atoms with Gasteiger partial charge >= 0.3 is 12.1 Å². The predicted octanol–water partition coefficient (Wildman–Crippen LogP) is 4.43. The molecule has 9 nitrogen and oxygen atoms in total. The molecule has 2 aromatic rings. The van der Waals surface area contributed by atoms with Gasteiger partial charge in [-0.3, -0.25) is 9.69 Å². The van der Waals surface area contributed by atoms with Gasteiger partial charge in [0.05, 0.1) is 18.1 Å². The Morgan fingerprint density at radius 3 is 2.29 bits per heavy atom. The highest BCUT2D eigenvalue weighted by Gasteiger charge is 2.38. The number of nitrogens with zero attached hydrogens (tertiary/aromatic N) is 2. The molecule has 0 aliphatic carbocycles. The van der Waals surface area contributed by atoms with Gasteiger partial charge in [0.25, 0.3) is 5.91 Å². The van der Waals surface area contributed by atoms with Crippen LogP contribution < -0.4 is 5.32 Å². The van der Waals surface area contributed by atoms with E-state index in [4.69, 9.17) is 14.6 Å². The molecule has 2 N–H and O–H groups in total. The molecule has 0 aromatic heterocycles. The number of carboxylic acids is 1. The number of ether oxygens (including phenoxy) is 1. The largest absolute Gasteiger partial charge is 0.490 e. The number of aliphatic carboxylic acids is 1. The highest BCUT2D eigenvalue weighted by molar-refractivity contribution is 7.89. The fraction of sp³-hybridized carbons (Fsp3) is 0.500. The lowest BCUT2D eigenvalue weighted by molar-refractivity contribution is -0.192. The lowest BCUT2D eigenvalue weighted by Crippen LogP contribution is -2.46. The quantitative estimate of drug-likeness (QED) is 0.484. The first kappa shape index (κ1) is 32.5. The van der Waals surface area contributed by atoms with Crippen molar-refractivity contribution < 1.29 is 41.0 Å². The van der Waals surface area contributed by atoms with Crippen LogP contribution in [-0.2, 0) is 19.6 Å². The zero-order valence-electron chi connectivity index (χ0n) is 23.1. The number of amides is 1. The molecular formula is C28H36F3N3O6S. The molecule has 2 saturated heterocycles. The number of carbonyl (C=O) groups excluding carboxylic acids is 1. The summed E-state index contributed by atoms with van der Waals surface area (Å²) in [6.07, 6.45) is -3.21. The Balaban J connectivity index is 0.000000587. The molecule has 2 aromatic carbocycles. The zero-order valence-corrected chi connectivity index (χ0v) is 23.9. The standard InChI is InChI=1S/C26H35N3O4S.C2HF3O2/c1-20(2)22-8-10-24(11-9-22)27-26(30)23-6-3-7-25(17-23)34(31,32)29-12-4-5-21(19-29)18-28-13-15-33-16-14-28;3-2(4,5)1(6)7/h3,6-11,17,20-21H,4-5,12-16,18-19H2,1-2H3,(H,27,30);(H,6,7). The maximum Gasteiger partial charge on any atom is 0.490 e. The Morgan fingerprint density at radius 2 is 1.71 bits per heavy atom. The van der Waals surface area contributed by atoms with Gasteiger partial charge in [0.2, 0.25) is 10.0 Å². The van der Waals surface area contributed by atoms with Crippen molar-refractivity contribution in [2.45, 2.75) is 43.7 Å². The van der Waals surface area contributed by atoms with Crippen molar-refractivity contribution in [3.63, 3.8) is 0 Å². The minimum absolute atomic E-state index is 0.169. The summed E-state index contributed by atoms with van der Waals surface area (Å²) in [6, 6.07) is 14.1. The third-order valence-electron chi connectivity index (χ3n) is 6.91. The van der Waals surface area contributed by atoms with Gasteiger partial charge in [0.1, 0.15) is 0 Å². The second-order valence-corrected chi connectivity index (χ2v) is 12.3. The van der Waals surface area contributed by atoms with Crippen molar-refractivity contribution in [1.82, 2.24) is 9.21 Å². The third-order valence-corrected chi connectivity index (χ3v) is 8.77. The van der Waals surface area contributed by atoms with Gasteiger partial charge in [-0.25, -0.2) is 13.2 Å². The van der Waals surface area contributed by atoms with Crippen LogP contribution in [0.3, 0.4) is 0 Å². The van der Waals surface area contributed by atoms with Crippen LogP contribution in [0.15, 0.2) is 53.4 Å². The highest BCUT2D eigenvalue weighted by Crippen LogP contribution is 2.26. The van der Waals surface area contributed by atoms with Crippen molar-refractivity contribution in [3.8, 4) is 0 Å². The van der Waals surface area contributed by atoms with Crippen LogP contribution in [0.25, 0.3) is 0 Å². The summed E-state index contributed by atoms with van der Waals surface area (Å²) in [5.74, 6) is -2.36. The van der Waals surface area contributed by atoms with Crippen LogP contribution in [0.5, 0.6) is 0 Å². The Labute approximate surface area is 238 Å². The molecule has 4 rings (SSSR count). The number of anilines is 1. The Bertz CT molecular complexity index is 1280. The molecule has 0 radical (unpaired) electrons. The molecule has 2 aliphatic heterocycles. The number of piperidine rings is 1. The first-order valence-corrected chi connectivity index (χ1v) is 14.8. The topological polar surface area (TPSA) is 116 Å². The molecule has 1 amide bonds. The van der Waals surface area contributed by atoms with Crippen LogP contribution in [0.1, 0.15) is 48.5 Å². The highest BCUT2D eigenvalue weighted by atomic mass is 32.2. The number of benzene rings is 2. The second-order valence-electron chi connectivity index (χ2n) is 10.3. The lowest BCUT2D eigenvalue weighted by Gasteiger charge is -2.36. The first-order chi connectivity index (χ1) is 19.3. The van der Waals surface area contributed by atoms with Gasteiger partial charge in [0, 0.05) is 44.0 Å². The van der Waals surface area contributed by atoms with E-state index < -0.39 is 22.2 Å². The van der Waals surface area contributed by atoms with Crippen LogP contribution in [-0.4, -0.2) is 86.7 Å². The van der Waals surface area contributed by atoms with E-state index in [0.717, 1.165) is 45.7 Å². The minimum Gasteiger partial charge on any atom is -0.475 e. The molecule has 1 unspecified atom stereocenters. The molecule has 0 bridgehead atoms. The third kappa shape index (κ3) is 9.52. The summed E-state index contributed by atoms with van der Waals surface area (Å²) in [7, 11) is -3.67. The SMILES string of the molecule is CC(C)c1ccc(NC(=O)c2cccc(S(=O)(=O)N3CCCC(CN4CCOCC4)C3)c2)cc1.O=C(O)C(F)(F)F. The first-order valence-electron chi connectivity index (χ1n) is 13.4. The predicted molar refractivity (Wildman–Crippen MR) is 147 cm³/mol. The van der Waals surface area contributed by atoms with Crippen molar-refractivity contribution in [3.05, 3.63) is 59.7 Å². The summed E-state index contributed by atoms with van der Waals surface area (Å²) in [5, 5.41) is 10.00. The number of sulfonamides is 1. The van der Waals surface area contributed by atoms with Gasteiger partial charge in [-0.15, -0.1) is 0 Å². The Morgan fingerprint density at radius 1 is 1.07 bits per heavy atom. The van der Waals surface area contributed by atoms with E-state index in [-0.39, 0.29) is 10.8 Å². The molecule has 2 heterocycles. The van der Waals surface area contributed by atoms with E-state index in [9.17, 15) is 26.4 Å². The Kier molecular flexibility index (Phi) is 11.3. The smallest absolute Gasteiger partial charge is 0.475 e. The number of rotatable bonds is 7. The summed E-state index contributed by atoms with van der Waals surface area (Å²) in [5.41, 5.74) is 2.21. The van der Waals surface area contributed by atoms with Crippen molar-refractivity contribution >= 4 is 27.6 Å². The molecule has 2 fully saturated rings. The maximum atomic E-state index is 13.4. The number of hydrogen-bond acceptors (Lipinski definition) is 6. The summed E-state index contributed by atoms with van der Waals surface area (Å²) in [6.45, 7) is 9.45. The van der Waals surface area contributed by atoms with Gasteiger partial charge < -0.3 is 15.2 Å². The molecule has 0 saturated carbocycles. The summed E-state index contributed by atoms with van der Waals surface area (Å²) in [4.78, 5) is 24.3. The van der Waals surface area contributed by atoms with Crippen molar-refractivity contribution in [2.75, 3.05) is 51.3 Å². The van der Waals surface area contributed by atoms with Gasteiger partial charge in [-0.1, -0.05) is 32.0 Å². The van der Waals surface area contributed by atoms with E-state index in [1.54, 1.807) is 22.5 Å². The van der Waals surface area contributed by atoms with Crippen LogP contribution in [0.4, 0.5) is 18.9 Å². The number of morpholine rings is 1. The van der Waals surface area contributed by atoms with Crippen molar-refractivity contribution in [2.24, 2.45) is 5.92 Å². The number of carboxylic acid groups (broad SMARTS) is 1. The molecular weight excluding hydrogens is 563 g/mol. The number of halogens is 3. The number of carbonyl (C=O) groups is 2. The minimum atomic E-state index is -5.08.